The number of hydrogen-bond donors (Lipinski definition) is 1. The van der Waals surface area contributed by atoms with Crippen LogP contribution in [0.25, 0.3) is 0 Å². The molecule has 1 aromatic carbocycles. The van der Waals surface area contributed by atoms with Crippen molar-refractivity contribution in [2.75, 3.05) is 12.4 Å². The molecule has 1 N–H and O–H groups in total. The van der Waals surface area contributed by atoms with E-state index in [2.05, 4.69) is 5.32 Å². The van der Waals surface area contributed by atoms with E-state index in [1.807, 2.05) is 13.8 Å². The SMILES string of the molecule is COc1ccc(C(=O)Nc2cc3c(oc2=O)CC(C)(C)CC3=O)cc1. The highest BCUT2D eigenvalue weighted by atomic mass is 16.5. The van der Waals surface area contributed by atoms with Crippen LogP contribution >= 0.6 is 0 Å². The number of carbonyl (C=O) groups excluding carboxylic acids is 2. The molecule has 0 unspecified atom stereocenters. The summed E-state index contributed by atoms with van der Waals surface area (Å²) in [6, 6.07) is 7.88. The Hall–Kier alpha value is -2.89. The largest absolute Gasteiger partial charge is 0.497 e. The van der Waals surface area contributed by atoms with E-state index in [9.17, 15) is 14.4 Å². The number of ketones is 1. The molecule has 0 aliphatic heterocycles. The van der Waals surface area contributed by atoms with Gasteiger partial charge in [0.1, 0.15) is 17.2 Å². The van der Waals surface area contributed by atoms with E-state index in [-0.39, 0.29) is 16.9 Å². The van der Waals surface area contributed by atoms with Crippen LogP contribution in [0.15, 0.2) is 39.5 Å². The van der Waals surface area contributed by atoms with Crippen molar-refractivity contribution in [2.24, 2.45) is 5.41 Å². The van der Waals surface area contributed by atoms with E-state index in [0.717, 1.165) is 0 Å². The lowest BCUT2D eigenvalue weighted by atomic mass is 9.76. The topological polar surface area (TPSA) is 85.6 Å². The molecule has 1 amide bonds. The van der Waals surface area contributed by atoms with Gasteiger partial charge >= 0.3 is 5.63 Å². The van der Waals surface area contributed by atoms with Crippen LogP contribution in [0, 0.1) is 5.41 Å². The number of ether oxygens (including phenoxy) is 1. The van der Waals surface area contributed by atoms with Gasteiger partial charge in [-0.05, 0) is 35.7 Å². The van der Waals surface area contributed by atoms with E-state index >= 15 is 0 Å². The number of Topliss-reactive ketones (excluding diaryl/α,β-unsaturated/α-hetero) is 1. The summed E-state index contributed by atoms with van der Waals surface area (Å²) in [5.41, 5.74) is -0.207. The van der Waals surface area contributed by atoms with Gasteiger partial charge in [-0.2, -0.15) is 0 Å². The number of amides is 1. The highest BCUT2D eigenvalue weighted by Gasteiger charge is 2.33. The molecular formula is C19H19NO5. The van der Waals surface area contributed by atoms with Crippen molar-refractivity contribution in [1.29, 1.82) is 0 Å². The van der Waals surface area contributed by atoms with Crippen LogP contribution in [0.2, 0.25) is 0 Å². The maximum absolute atomic E-state index is 12.3. The van der Waals surface area contributed by atoms with Crippen LogP contribution < -0.4 is 15.7 Å². The maximum Gasteiger partial charge on any atom is 0.359 e. The molecule has 0 fully saturated rings. The van der Waals surface area contributed by atoms with Crippen molar-refractivity contribution in [1.82, 2.24) is 0 Å². The highest BCUT2D eigenvalue weighted by molar-refractivity contribution is 6.05. The first kappa shape index (κ1) is 17.0. The summed E-state index contributed by atoms with van der Waals surface area (Å²) in [6.45, 7) is 3.90. The van der Waals surface area contributed by atoms with Crippen molar-refractivity contribution in [3.05, 3.63) is 57.6 Å². The van der Waals surface area contributed by atoms with Crippen LogP contribution in [0.1, 0.15) is 46.7 Å². The van der Waals surface area contributed by atoms with Crippen LogP contribution in [-0.2, 0) is 6.42 Å². The quantitative estimate of drug-likeness (QED) is 0.927. The Kier molecular flexibility index (Phi) is 4.20. The summed E-state index contributed by atoms with van der Waals surface area (Å²) < 4.78 is 10.3. The van der Waals surface area contributed by atoms with Crippen LogP contribution in [0.3, 0.4) is 0 Å². The van der Waals surface area contributed by atoms with E-state index in [4.69, 9.17) is 9.15 Å². The molecule has 6 nitrogen and oxygen atoms in total. The summed E-state index contributed by atoms with van der Waals surface area (Å²) in [6.07, 6.45) is 0.885. The van der Waals surface area contributed by atoms with Gasteiger partial charge in [0.25, 0.3) is 5.91 Å². The Labute approximate surface area is 144 Å². The Bertz CT molecular complexity index is 893. The molecule has 0 spiro atoms. The van der Waals surface area contributed by atoms with E-state index in [1.54, 1.807) is 24.3 Å². The average Bonchev–Trinajstić information content (AvgIpc) is 2.55. The van der Waals surface area contributed by atoms with E-state index in [0.29, 0.717) is 35.5 Å². The maximum atomic E-state index is 12.3. The van der Waals surface area contributed by atoms with Gasteiger partial charge in [0.2, 0.25) is 0 Å². The van der Waals surface area contributed by atoms with Gasteiger partial charge in [0.15, 0.2) is 5.78 Å². The summed E-state index contributed by atoms with van der Waals surface area (Å²) >= 11 is 0. The minimum absolute atomic E-state index is 0.0346. The second kappa shape index (κ2) is 6.20. The second-order valence-corrected chi connectivity index (χ2v) is 6.91. The molecule has 1 aromatic heterocycles. The van der Waals surface area contributed by atoms with Crippen molar-refractivity contribution in [3.8, 4) is 5.75 Å². The fraction of sp³-hybridized carbons (Fsp3) is 0.316. The molecule has 0 radical (unpaired) electrons. The molecule has 0 saturated carbocycles. The molecule has 0 saturated heterocycles. The molecule has 1 heterocycles. The zero-order chi connectivity index (χ0) is 18.2. The number of methoxy groups -OCH3 is 1. The monoisotopic (exact) mass is 341 g/mol. The molecule has 3 rings (SSSR count). The van der Waals surface area contributed by atoms with Gasteiger partial charge in [0.05, 0.1) is 12.7 Å². The normalized spacial score (nSPS) is 15.4. The zero-order valence-electron chi connectivity index (χ0n) is 14.3. The van der Waals surface area contributed by atoms with Crippen molar-refractivity contribution in [2.45, 2.75) is 26.7 Å². The molecular weight excluding hydrogens is 322 g/mol. The standard InChI is InChI=1S/C19H19NO5/c1-19(2)9-15(21)13-8-14(18(23)25-16(13)10-19)20-17(22)11-4-6-12(24-3)7-5-11/h4-8H,9-10H2,1-3H3,(H,20,22). The number of rotatable bonds is 3. The molecule has 1 aliphatic rings. The predicted octanol–water partition coefficient (Wildman–Crippen LogP) is 3.06. The van der Waals surface area contributed by atoms with Crippen molar-refractivity contribution in [3.63, 3.8) is 0 Å². The summed E-state index contributed by atoms with van der Waals surface area (Å²) in [4.78, 5) is 36.8. The predicted molar refractivity (Wildman–Crippen MR) is 92.4 cm³/mol. The highest BCUT2D eigenvalue weighted by Crippen LogP contribution is 2.34. The van der Waals surface area contributed by atoms with Gasteiger partial charge in [-0.1, -0.05) is 13.8 Å². The molecule has 0 atom stereocenters. The van der Waals surface area contributed by atoms with Crippen LogP contribution in [-0.4, -0.2) is 18.8 Å². The fourth-order valence-corrected chi connectivity index (χ4v) is 2.92. The molecule has 130 valence electrons. The second-order valence-electron chi connectivity index (χ2n) is 6.91. The molecule has 6 heteroatoms. The lowest BCUT2D eigenvalue weighted by molar-refractivity contribution is 0.0896. The van der Waals surface area contributed by atoms with Crippen molar-refractivity contribution >= 4 is 17.4 Å². The first-order valence-corrected chi connectivity index (χ1v) is 7.95. The minimum Gasteiger partial charge on any atom is -0.497 e. The van der Waals surface area contributed by atoms with Crippen LogP contribution in [0.5, 0.6) is 5.75 Å². The number of nitrogens with one attached hydrogen (secondary N) is 1. The number of carbonyl (C=O) groups is 2. The van der Waals surface area contributed by atoms with Gasteiger partial charge in [0, 0.05) is 18.4 Å². The summed E-state index contributed by atoms with van der Waals surface area (Å²) in [7, 11) is 1.53. The Morgan fingerprint density at radius 1 is 1.16 bits per heavy atom. The molecule has 0 bridgehead atoms. The summed E-state index contributed by atoms with van der Waals surface area (Å²) in [5.74, 6) is 0.459. The molecule has 25 heavy (non-hydrogen) atoms. The first-order chi connectivity index (χ1) is 11.8. The lowest BCUT2D eigenvalue weighted by Crippen LogP contribution is -2.29. The minimum atomic E-state index is -0.661. The van der Waals surface area contributed by atoms with Crippen molar-refractivity contribution < 1.29 is 18.7 Å². The van der Waals surface area contributed by atoms with Gasteiger partial charge in [-0.25, -0.2) is 4.79 Å². The Morgan fingerprint density at radius 3 is 2.48 bits per heavy atom. The zero-order valence-corrected chi connectivity index (χ0v) is 14.3. The molecule has 2 aromatic rings. The molecule has 1 aliphatic carbocycles. The average molecular weight is 341 g/mol. The Balaban J connectivity index is 1.88. The number of fused-ring (bicyclic) bond motifs is 1. The number of hydrogen-bond acceptors (Lipinski definition) is 5. The van der Waals surface area contributed by atoms with Gasteiger partial charge < -0.3 is 14.5 Å². The first-order valence-electron chi connectivity index (χ1n) is 7.95. The van der Waals surface area contributed by atoms with Gasteiger partial charge in [-0.15, -0.1) is 0 Å². The fourth-order valence-electron chi connectivity index (χ4n) is 2.92. The van der Waals surface area contributed by atoms with E-state index in [1.165, 1.54) is 13.2 Å². The number of benzene rings is 1. The van der Waals surface area contributed by atoms with Gasteiger partial charge in [-0.3, -0.25) is 9.59 Å². The van der Waals surface area contributed by atoms with E-state index < -0.39 is 11.5 Å². The third-order valence-corrected chi connectivity index (χ3v) is 4.20. The summed E-state index contributed by atoms with van der Waals surface area (Å²) in [5, 5.41) is 2.52. The Morgan fingerprint density at radius 2 is 1.84 bits per heavy atom. The van der Waals surface area contributed by atoms with Crippen LogP contribution in [0.4, 0.5) is 5.69 Å². The lowest BCUT2D eigenvalue weighted by Gasteiger charge is -2.28. The third kappa shape index (κ3) is 3.47. The number of anilines is 1. The smallest absolute Gasteiger partial charge is 0.359 e. The third-order valence-electron chi connectivity index (χ3n) is 4.20.